The molecule has 7 heteroatoms. The molecule has 0 aromatic heterocycles. The van der Waals surface area contributed by atoms with E-state index in [4.69, 9.17) is 26.2 Å². The number of ether oxygens (including phenoxy) is 2. The summed E-state index contributed by atoms with van der Waals surface area (Å²) in [4.78, 5) is 24.9. The highest BCUT2D eigenvalue weighted by molar-refractivity contribution is 6.32. The smallest absolute Gasteiger partial charge is 0.323 e. The number of hydrogen-bond acceptors (Lipinski definition) is 4. The van der Waals surface area contributed by atoms with E-state index in [1.165, 1.54) is 24.1 Å². The topological polar surface area (TPSA) is 76.1 Å². The van der Waals surface area contributed by atoms with Gasteiger partial charge in [0.2, 0.25) is 0 Å². The van der Waals surface area contributed by atoms with E-state index in [0.717, 1.165) is 12.8 Å². The van der Waals surface area contributed by atoms with Crippen molar-refractivity contribution < 1.29 is 24.2 Å². The first-order valence-electron chi connectivity index (χ1n) is 7.84. The van der Waals surface area contributed by atoms with Gasteiger partial charge in [-0.25, -0.2) is 0 Å². The molecule has 0 saturated carbocycles. The summed E-state index contributed by atoms with van der Waals surface area (Å²) in [6.07, 6.45) is 1.86. The number of hydrogen-bond donors (Lipinski definition) is 1. The molecule has 24 heavy (non-hydrogen) atoms. The lowest BCUT2D eigenvalue weighted by molar-refractivity contribution is -0.138. The summed E-state index contributed by atoms with van der Waals surface area (Å²) in [5, 5.41) is 9.24. The molecule has 0 atom stereocenters. The molecule has 1 aromatic rings. The maximum Gasteiger partial charge on any atom is 0.323 e. The Kier molecular flexibility index (Phi) is 7.85. The van der Waals surface area contributed by atoms with Gasteiger partial charge in [0.25, 0.3) is 5.91 Å². The van der Waals surface area contributed by atoms with Gasteiger partial charge in [0, 0.05) is 11.6 Å². The minimum absolute atomic E-state index is 0.257. The Morgan fingerprint density at radius 2 is 2.00 bits per heavy atom. The first kappa shape index (κ1) is 20.1. The molecular formula is C17H24ClNO5. The number of nitrogens with zero attached hydrogens (tertiary/aromatic N) is 1. The number of benzene rings is 1. The minimum atomic E-state index is -1.07. The molecular weight excluding hydrogens is 334 g/mol. The molecule has 0 saturated heterocycles. The number of carboxylic acid groups (broad SMARTS) is 1. The number of aliphatic carboxylic acids is 1. The minimum Gasteiger partial charge on any atom is -0.493 e. The SMILES string of the molecule is CCCCOc1c(Cl)cc(C(=O)N(CC(=O)O)C(C)C)cc1OC. The van der Waals surface area contributed by atoms with Crippen molar-refractivity contribution in [3.8, 4) is 11.5 Å². The van der Waals surface area contributed by atoms with Crippen molar-refractivity contribution in [2.75, 3.05) is 20.3 Å². The Morgan fingerprint density at radius 3 is 2.50 bits per heavy atom. The fourth-order valence-electron chi connectivity index (χ4n) is 2.10. The molecule has 1 rings (SSSR count). The van der Waals surface area contributed by atoms with E-state index in [9.17, 15) is 9.59 Å². The molecule has 1 aromatic carbocycles. The number of carbonyl (C=O) groups is 2. The number of carboxylic acids is 1. The van der Waals surface area contributed by atoms with Crippen LogP contribution in [0.1, 0.15) is 44.0 Å². The molecule has 0 heterocycles. The van der Waals surface area contributed by atoms with Crippen LogP contribution in [0.5, 0.6) is 11.5 Å². The molecule has 0 aliphatic heterocycles. The second kappa shape index (κ2) is 9.37. The van der Waals surface area contributed by atoms with Crippen LogP contribution in [0.25, 0.3) is 0 Å². The van der Waals surface area contributed by atoms with Gasteiger partial charge in [-0.3, -0.25) is 9.59 Å². The highest BCUT2D eigenvalue weighted by Gasteiger charge is 2.24. The summed E-state index contributed by atoms with van der Waals surface area (Å²) in [7, 11) is 1.46. The molecule has 0 radical (unpaired) electrons. The summed E-state index contributed by atoms with van der Waals surface area (Å²) >= 11 is 6.23. The number of rotatable bonds is 9. The van der Waals surface area contributed by atoms with Crippen molar-refractivity contribution in [1.82, 2.24) is 4.90 Å². The number of halogens is 1. The standard InChI is InChI=1S/C17H24ClNO5/c1-5-6-7-24-16-13(18)8-12(9-14(16)23-4)17(22)19(11(2)3)10-15(20)21/h8-9,11H,5-7,10H2,1-4H3,(H,20,21). The molecule has 0 aliphatic rings. The molecule has 1 N–H and O–H groups in total. The summed E-state index contributed by atoms with van der Waals surface area (Å²) < 4.78 is 10.9. The van der Waals surface area contributed by atoms with E-state index in [-0.39, 0.29) is 23.2 Å². The van der Waals surface area contributed by atoms with Crippen LogP contribution in [-0.2, 0) is 4.79 Å². The van der Waals surface area contributed by atoms with Crippen LogP contribution in [-0.4, -0.2) is 48.2 Å². The Morgan fingerprint density at radius 1 is 1.33 bits per heavy atom. The fourth-order valence-corrected chi connectivity index (χ4v) is 2.37. The van der Waals surface area contributed by atoms with Gasteiger partial charge >= 0.3 is 5.97 Å². The van der Waals surface area contributed by atoms with Crippen LogP contribution in [0.15, 0.2) is 12.1 Å². The predicted octanol–water partition coefficient (Wildman–Crippen LogP) is 3.46. The maximum atomic E-state index is 12.6. The average molecular weight is 358 g/mol. The average Bonchev–Trinajstić information content (AvgIpc) is 2.52. The van der Waals surface area contributed by atoms with Crippen molar-refractivity contribution in [3.05, 3.63) is 22.7 Å². The Labute approximate surface area is 147 Å². The largest absolute Gasteiger partial charge is 0.493 e. The number of methoxy groups -OCH3 is 1. The van der Waals surface area contributed by atoms with Crippen LogP contribution in [0.3, 0.4) is 0 Å². The Balaban J connectivity index is 3.13. The van der Waals surface area contributed by atoms with E-state index in [0.29, 0.717) is 18.1 Å². The predicted molar refractivity (Wildman–Crippen MR) is 92.2 cm³/mol. The van der Waals surface area contributed by atoms with Crippen LogP contribution >= 0.6 is 11.6 Å². The van der Waals surface area contributed by atoms with Gasteiger partial charge in [-0.1, -0.05) is 24.9 Å². The van der Waals surface area contributed by atoms with Gasteiger partial charge in [-0.15, -0.1) is 0 Å². The molecule has 0 unspecified atom stereocenters. The molecule has 0 fully saturated rings. The third-order valence-electron chi connectivity index (χ3n) is 3.41. The van der Waals surface area contributed by atoms with E-state index >= 15 is 0 Å². The normalized spacial score (nSPS) is 10.6. The summed E-state index contributed by atoms with van der Waals surface area (Å²) in [6.45, 7) is 5.67. The number of unbranched alkanes of at least 4 members (excludes halogenated alkanes) is 1. The second-order valence-corrected chi connectivity index (χ2v) is 6.02. The molecule has 134 valence electrons. The van der Waals surface area contributed by atoms with Gasteiger partial charge in [-0.2, -0.15) is 0 Å². The molecule has 0 bridgehead atoms. The zero-order valence-electron chi connectivity index (χ0n) is 14.5. The molecule has 1 amide bonds. The van der Waals surface area contributed by atoms with Crippen molar-refractivity contribution >= 4 is 23.5 Å². The van der Waals surface area contributed by atoms with E-state index < -0.39 is 11.9 Å². The lowest BCUT2D eigenvalue weighted by atomic mass is 10.1. The first-order valence-corrected chi connectivity index (χ1v) is 8.22. The highest BCUT2D eigenvalue weighted by atomic mass is 35.5. The Bertz CT molecular complexity index is 589. The second-order valence-electron chi connectivity index (χ2n) is 5.61. The van der Waals surface area contributed by atoms with Crippen LogP contribution < -0.4 is 9.47 Å². The number of carbonyl (C=O) groups excluding carboxylic acids is 1. The molecule has 0 spiro atoms. The summed E-state index contributed by atoms with van der Waals surface area (Å²) in [5.41, 5.74) is 0.259. The van der Waals surface area contributed by atoms with E-state index in [1.807, 2.05) is 6.92 Å². The van der Waals surface area contributed by atoms with Gasteiger partial charge in [0.15, 0.2) is 11.5 Å². The Hall–Kier alpha value is -1.95. The van der Waals surface area contributed by atoms with Crippen LogP contribution in [0.4, 0.5) is 0 Å². The molecule has 6 nitrogen and oxygen atoms in total. The summed E-state index contributed by atoms with van der Waals surface area (Å²) in [5.74, 6) is -0.762. The van der Waals surface area contributed by atoms with Crippen molar-refractivity contribution in [3.63, 3.8) is 0 Å². The lowest BCUT2D eigenvalue weighted by Crippen LogP contribution is -2.40. The first-order chi connectivity index (χ1) is 11.3. The van der Waals surface area contributed by atoms with Crippen LogP contribution in [0.2, 0.25) is 5.02 Å². The van der Waals surface area contributed by atoms with Gasteiger partial charge in [-0.05, 0) is 32.4 Å². The fraction of sp³-hybridized carbons (Fsp3) is 0.529. The van der Waals surface area contributed by atoms with Gasteiger partial charge < -0.3 is 19.5 Å². The van der Waals surface area contributed by atoms with Crippen molar-refractivity contribution in [2.24, 2.45) is 0 Å². The van der Waals surface area contributed by atoms with E-state index in [2.05, 4.69) is 0 Å². The van der Waals surface area contributed by atoms with Crippen molar-refractivity contribution in [1.29, 1.82) is 0 Å². The maximum absolute atomic E-state index is 12.6. The van der Waals surface area contributed by atoms with Crippen LogP contribution in [0, 0.1) is 0 Å². The number of amides is 1. The van der Waals surface area contributed by atoms with Gasteiger partial charge in [0.1, 0.15) is 6.54 Å². The monoisotopic (exact) mass is 357 g/mol. The quantitative estimate of drug-likeness (QED) is 0.685. The lowest BCUT2D eigenvalue weighted by Gasteiger charge is -2.25. The summed E-state index contributed by atoms with van der Waals surface area (Å²) in [6, 6.07) is 2.73. The molecule has 0 aliphatic carbocycles. The van der Waals surface area contributed by atoms with E-state index in [1.54, 1.807) is 13.8 Å². The zero-order valence-corrected chi connectivity index (χ0v) is 15.2. The third kappa shape index (κ3) is 5.30. The highest BCUT2D eigenvalue weighted by Crippen LogP contribution is 2.37. The third-order valence-corrected chi connectivity index (χ3v) is 3.69. The van der Waals surface area contributed by atoms with Gasteiger partial charge in [0.05, 0.1) is 18.7 Å². The van der Waals surface area contributed by atoms with Crippen molar-refractivity contribution in [2.45, 2.75) is 39.7 Å². The zero-order chi connectivity index (χ0) is 18.3.